The first-order valence-electron chi connectivity index (χ1n) is 5.74. The smallest absolute Gasteiger partial charge is 0.251 e. The summed E-state index contributed by atoms with van der Waals surface area (Å²) in [5.41, 5.74) is 1.56. The number of rotatable bonds is 6. The molecule has 17 heavy (non-hydrogen) atoms. The highest BCUT2D eigenvalue weighted by molar-refractivity contribution is 6.17. The Labute approximate surface area is 107 Å². The van der Waals surface area contributed by atoms with Crippen LogP contribution in [-0.2, 0) is 5.88 Å². The molecule has 0 fully saturated rings. The van der Waals surface area contributed by atoms with Crippen LogP contribution in [0.5, 0.6) is 0 Å². The first-order chi connectivity index (χ1) is 8.17. The predicted octanol–water partition coefficient (Wildman–Crippen LogP) is 2.32. The Morgan fingerprint density at radius 3 is 2.94 bits per heavy atom. The van der Waals surface area contributed by atoms with Gasteiger partial charge in [0, 0.05) is 24.1 Å². The van der Waals surface area contributed by atoms with Gasteiger partial charge in [0.2, 0.25) is 0 Å². The molecule has 3 nitrogen and oxygen atoms in total. The van der Waals surface area contributed by atoms with Crippen molar-refractivity contribution in [2.24, 2.45) is 0 Å². The summed E-state index contributed by atoms with van der Waals surface area (Å²) >= 11 is 5.72. The zero-order valence-corrected chi connectivity index (χ0v) is 10.7. The molecule has 0 saturated heterocycles. The van der Waals surface area contributed by atoms with Gasteiger partial charge in [0.1, 0.15) is 0 Å². The van der Waals surface area contributed by atoms with E-state index >= 15 is 0 Å². The summed E-state index contributed by atoms with van der Waals surface area (Å²) in [6.45, 7) is 2.08. The van der Waals surface area contributed by atoms with Crippen LogP contribution in [0.3, 0.4) is 0 Å². The summed E-state index contributed by atoms with van der Waals surface area (Å²) in [6, 6.07) is 7.34. The molecular formula is C13H18ClNO2. The molecule has 1 aromatic carbocycles. The van der Waals surface area contributed by atoms with E-state index in [9.17, 15) is 4.79 Å². The van der Waals surface area contributed by atoms with Crippen molar-refractivity contribution in [1.29, 1.82) is 0 Å². The van der Waals surface area contributed by atoms with Gasteiger partial charge >= 0.3 is 0 Å². The lowest BCUT2D eigenvalue weighted by molar-refractivity contribution is 0.0936. The largest absolute Gasteiger partial charge is 0.396 e. The molecule has 0 aliphatic heterocycles. The maximum Gasteiger partial charge on any atom is 0.251 e. The van der Waals surface area contributed by atoms with Crippen LogP contribution in [0.1, 0.15) is 35.7 Å². The third-order valence-electron chi connectivity index (χ3n) is 2.52. The highest BCUT2D eigenvalue weighted by atomic mass is 35.5. The Balaban J connectivity index is 2.56. The maximum absolute atomic E-state index is 11.9. The standard InChI is InChI=1S/C13H18ClNO2/c1-10(4-3-7-16)15-13(17)12-6-2-5-11(8-12)9-14/h2,5-6,8,10,16H,3-4,7,9H2,1H3,(H,15,17). The minimum atomic E-state index is -0.0950. The van der Waals surface area contributed by atoms with Gasteiger partial charge in [-0.3, -0.25) is 4.79 Å². The molecule has 94 valence electrons. The first kappa shape index (κ1) is 14.0. The maximum atomic E-state index is 11.9. The highest BCUT2D eigenvalue weighted by Crippen LogP contribution is 2.08. The molecule has 0 saturated carbocycles. The number of benzene rings is 1. The Kier molecular flexibility index (Phi) is 6.01. The van der Waals surface area contributed by atoms with E-state index in [1.54, 1.807) is 12.1 Å². The number of hydrogen-bond donors (Lipinski definition) is 2. The number of hydrogen-bond acceptors (Lipinski definition) is 2. The van der Waals surface area contributed by atoms with Gasteiger partial charge in [-0.15, -0.1) is 11.6 Å². The van der Waals surface area contributed by atoms with Crippen molar-refractivity contribution in [3.63, 3.8) is 0 Å². The first-order valence-corrected chi connectivity index (χ1v) is 6.27. The number of nitrogens with one attached hydrogen (secondary N) is 1. The highest BCUT2D eigenvalue weighted by Gasteiger charge is 2.09. The van der Waals surface area contributed by atoms with Crippen molar-refractivity contribution >= 4 is 17.5 Å². The van der Waals surface area contributed by atoms with E-state index < -0.39 is 0 Å². The zero-order chi connectivity index (χ0) is 12.7. The Hall–Kier alpha value is -1.06. The van der Waals surface area contributed by atoms with Crippen LogP contribution >= 0.6 is 11.6 Å². The predicted molar refractivity (Wildman–Crippen MR) is 69.2 cm³/mol. The lowest BCUT2D eigenvalue weighted by Crippen LogP contribution is -2.32. The molecule has 0 aliphatic rings. The monoisotopic (exact) mass is 255 g/mol. The van der Waals surface area contributed by atoms with Crippen LogP contribution in [0.4, 0.5) is 0 Å². The fourth-order valence-corrected chi connectivity index (χ4v) is 1.74. The quantitative estimate of drug-likeness (QED) is 0.767. The number of aliphatic hydroxyl groups excluding tert-OH is 1. The van der Waals surface area contributed by atoms with Crippen molar-refractivity contribution in [2.45, 2.75) is 31.7 Å². The summed E-state index contributed by atoms with van der Waals surface area (Å²) in [4.78, 5) is 11.9. The summed E-state index contributed by atoms with van der Waals surface area (Å²) in [6.07, 6.45) is 1.47. The van der Waals surface area contributed by atoms with Gasteiger partial charge in [-0.2, -0.15) is 0 Å². The second-order valence-electron chi connectivity index (χ2n) is 4.07. The molecule has 0 heterocycles. The van der Waals surface area contributed by atoms with Crippen LogP contribution in [0.15, 0.2) is 24.3 Å². The summed E-state index contributed by atoms with van der Waals surface area (Å²) in [5, 5.41) is 11.6. The van der Waals surface area contributed by atoms with Crippen molar-refractivity contribution < 1.29 is 9.90 Å². The number of halogens is 1. The van der Waals surface area contributed by atoms with E-state index in [0.29, 0.717) is 17.9 Å². The number of carbonyl (C=O) groups excluding carboxylic acids is 1. The van der Waals surface area contributed by atoms with Crippen LogP contribution < -0.4 is 5.32 Å². The molecule has 0 aromatic heterocycles. The molecule has 1 amide bonds. The van der Waals surface area contributed by atoms with Gasteiger partial charge in [0.15, 0.2) is 0 Å². The molecule has 4 heteroatoms. The molecule has 2 N–H and O–H groups in total. The summed E-state index contributed by atoms with van der Waals surface area (Å²) in [7, 11) is 0. The molecule has 1 aromatic rings. The van der Waals surface area contributed by atoms with Crippen LogP contribution in [-0.4, -0.2) is 23.7 Å². The normalized spacial score (nSPS) is 12.2. The topological polar surface area (TPSA) is 49.3 Å². The molecule has 0 aliphatic carbocycles. The zero-order valence-electron chi connectivity index (χ0n) is 9.95. The Morgan fingerprint density at radius 1 is 1.53 bits per heavy atom. The SMILES string of the molecule is CC(CCCO)NC(=O)c1cccc(CCl)c1. The lowest BCUT2D eigenvalue weighted by atomic mass is 10.1. The minimum Gasteiger partial charge on any atom is -0.396 e. The van der Waals surface area contributed by atoms with E-state index in [2.05, 4.69) is 5.32 Å². The third kappa shape index (κ3) is 4.75. The van der Waals surface area contributed by atoms with E-state index in [4.69, 9.17) is 16.7 Å². The molecular weight excluding hydrogens is 238 g/mol. The number of alkyl halides is 1. The van der Waals surface area contributed by atoms with Crippen molar-refractivity contribution in [3.05, 3.63) is 35.4 Å². The van der Waals surface area contributed by atoms with Gasteiger partial charge in [-0.05, 0) is 37.5 Å². The number of aliphatic hydroxyl groups is 1. The van der Waals surface area contributed by atoms with E-state index in [0.717, 1.165) is 12.0 Å². The average Bonchev–Trinajstić information content (AvgIpc) is 2.36. The average molecular weight is 256 g/mol. The van der Waals surface area contributed by atoms with E-state index in [1.165, 1.54) is 0 Å². The van der Waals surface area contributed by atoms with Gasteiger partial charge in [-0.1, -0.05) is 12.1 Å². The minimum absolute atomic E-state index is 0.0642. The Morgan fingerprint density at radius 2 is 2.29 bits per heavy atom. The molecule has 1 rings (SSSR count). The summed E-state index contributed by atoms with van der Waals surface area (Å²) in [5.74, 6) is 0.309. The van der Waals surface area contributed by atoms with Crippen LogP contribution in [0.25, 0.3) is 0 Å². The number of carbonyl (C=O) groups is 1. The fourth-order valence-electron chi connectivity index (χ4n) is 1.57. The van der Waals surface area contributed by atoms with E-state index in [1.807, 2.05) is 19.1 Å². The van der Waals surface area contributed by atoms with Gasteiger partial charge in [-0.25, -0.2) is 0 Å². The van der Waals surface area contributed by atoms with Gasteiger partial charge < -0.3 is 10.4 Å². The van der Waals surface area contributed by atoms with Crippen molar-refractivity contribution in [3.8, 4) is 0 Å². The van der Waals surface area contributed by atoms with Crippen molar-refractivity contribution in [2.75, 3.05) is 6.61 Å². The molecule has 1 atom stereocenters. The van der Waals surface area contributed by atoms with Crippen LogP contribution in [0, 0.1) is 0 Å². The van der Waals surface area contributed by atoms with E-state index in [-0.39, 0.29) is 18.6 Å². The number of amides is 1. The molecule has 1 unspecified atom stereocenters. The second-order valence-corrected chi connectivity index (χ2v) is 4.34. The second kappa shape index (κ2) is 7.30. The Bertz CT molecular complexity index is 368. The van der Waals surface area contributed by atoms with Gasteiger partial charge in [0.25, 0.3) is 5.91 Å². The molecule has 0 bridgehead atoms. The van der Waals surface area contributed by atoms with Gasteiger partial charge in [0.05, 0.1) is 0 Å². The lowest BCUT2D eigenvalue weighted by Gasteiger charge is -2.13. The third-order valence-corrected chi connectivity index (χ3v) is 2.82. The van der Waals surface area contributed by atoms with Crippen LogP contribution in [0.2, 0.25) is 0 Å². The van der Waals surface area contributed by atoms with Crippen molar-refractivity contribution in [1.82, 2.24) is 5.32 Å². The fraction of sp³-hybridized carbons (Fsp3) is 0.462. The summed E-state index contributed by atoms with van der Waals surface area (Å²) < 4.78 is 0. The molecule has 0 radical (unpaired) electrons. The molecule has 0 spiro atoms.